The van der Waals surface area contributed by atoms with Crippen LogP contribution < -0.4 is 16.2 Å². The molecular formula is C13H18N4O3. The van der Waals surface area contributed by atoms with Gasteiger partial charge in [0.15, 0.2) is 0 Å². The minimum absolute atomic E-state index is 0.0507. The van der Waals surface area contributed by atoms with Crippen LogP contribution >= 0.6 is 0 Å². The Morgan fingerprint density at radius 2 is 2.30 bits per heavy atom. The average molecular weight is 278 g/mol. The number of hydrogen-bond acceptors (Lipinski definition) is 3. The van der Waals surface area contributed by atoms with Gasteiger partial charge in [0.1, 0.15) is 5.69 Å². The maximum Gasteiger partial charge on any atom is 0.319 e. The third-order valence-corrected chi connectivity index (χ3v) is 3.11. The van der Waals surface area contributed by atoms with Crippen molar-refractivity contribution < 1.29 is 9.59 Å². The maximum absolute atomic E-state index is 11.8. The Morgan fingerprint density at radius 3 is 3.00 bits per heavy atom. The van der Waals surface area contributed by atoms with E-state index in [1.165, 1.54) is 12.3 Å². The lowest BCUT2D eigenvalue weighted by Gasteiger charge is -2.16. The molecule has 2 heterocycles. The second-order valence-corrected chi connectivity index (χ2v) is 4.75. The number of H-pyrrole nitrogens is 1. The summed E-state index contributed by atoms with van der Waals surface area (Å²) in [6.45, 7) is 3.23. The Bertz CT molecular complexity index is 555. The maximum atomic E-state index is 11.8. The van der Waals surface area contributed by atoms with E-state index < -0.39 is 6.03 Å². The van der Waals surface area contributed by atoms with Crippen molar-refractivity contribution >= 4 is 17.6 Å². The van der Waals surface area contributed by atoms with Gasteiger partial charge in [0, 0.05) is 25.7 Å². The molecule has 1 aliphatic rings. The van der Waals surface area contributed by atoms with Crippen molar-refractivity contribution in [1.82, 2.24) is 15.2 Å². The van der Waals surface area contributed by atoms with Crippen LogP contribution in [0.5, 0.6) is 0 Å². The first-order valence-corrected chi connectivity index (χ1v) is 6.63. The minimum Gasteiger partial charge on any atom is -0.341 e. The number of hydrogen-bond donors (Lipinski definition) is 3. The fourth-order valence-electron chi connectivity index (χ4n) is 2.22. The summed E-state index contributed by atoms with van der Waals surface area (Å²) in [6.07, 6.45) is 2.69. The SMILES string of the molecule is CCCN1C[C@H](NC(=O)Nc2ccc[nH]c2=O)CC1=O. The zero-order chi connectivity index (χ0) is 14.5. The van der Waals surface area contributed by atoms with E-state index in [0.29, 0.717) is 19.5 Å². The van der Waals surface area contributed by atoms with E-state index in [1.807, 2.05) is 6.92 Å². The summed E-state index contributed by atoms with van der Waals surface area (Å²) < 4.78 is 0. The topological polar surface area (TPSA) is 94.3 Å². The highest BCUT2D eigenvalue weighted by Crippen LogP contribution is 2.11. The molecule has 1 saturated heterocycles. The second kappa shape index (κ2) is 6.23. The van der Waals surface area contributed by atoms with Gasteiger partial charge in [-0.2, -0.15) is 0 Å². The molecule has 0 saturated carbocycles. The first kappa shape index (κ1) is 14.1. The van der Waals surface area contributed by atoms with E-state index >= 15 is 0 Å². The molecule has 3 N–H and O–H groups in total. The summed E-state index contributed by atoms with van der Waals surface area (Å²) in [5, 5.41) is 5.18. The van der Waals surface area contributed by atoms with Gasteiger partial charge in [0.2, 0.25) is 5.91 Å². The Hall–Kier alpha value is -2.31. The monoisotopic (exact) mass is 278 g/mol. The lowest BCUT2D eigenvalue weighted by atomic mass is 10.2. The van der Waals surface area contributed by atoms with Crippen LogP contribution in [0.4, 0.5) is 10.5 Å². The molecule has 0 bridgehead atoms. The fraction of sp³-hybridized carbons (Fsp3) is 0.462. The van der Waals surface area contributed by atoms with E-state index in [0.717, 1.165) is 6.42 Å². The predicted octanol–water partition coefficient (Wildman–Crippen LogP) is 0.507. The summed E-state index contributed by atoms with van der Waals surface area (Å²) in [5.41, 5.74) is -0.183. The van der Waals surface area contributed by atoms with Crippen molar-refractivity contribution in [2.45, 2.75) is 25.8 Å². The number of aromatic nitrogens is 1. The molecule has 108 valence electrons. The summed E-state index contributed by atoms with van der Waals surface area (Å²) in [4.78, 5) is 39.1. The molecular weight excluding hydrogens is 260 g/mol. The quantitative estimate of drug-likeness (QED) is 0.749. The molecule has 1 fully saturated rings. The minimum atomic E-state index is -0.474. The Kier molecular flexibility index (Phi) is 4.39. The van der Waals surface area contributed by atoms with E-state index in [2.05, 4.69) is 15.6 Å². The first-order chi connectivity index (χ1) is 9.60. The number of nitrogens with one attached hydrogen (secondary N) is 3. The number of carbonyl (C=O) groups excluding carboxylic acids is 2. The van der Waals surface area contributed by atoms with Crippen molar-refractivity contribution in [2.75, 3.05) is 18.4 Å². The normalized spacial score (nSPS) is 18.1. The van der Waals surface area contributed by atoms with Crippen molar-refractivity contribution in [1.29, 1.82) is 0 Å². The van der Waals surface area contributed by atoms with Gasteiger partial charge in [-0.3, -0.25) is 9.59 Å². The molecule has 1 aliphatic heterocycles. The Balaban J connectivity index is 1.88. The second-order valence-electron chi connectivity index (χ2n) is 4.75. The van der Waals surface area contributed by atoms with Gasteiger partial charge in [-0.05, 0) is 18.6 Å². The fourth-order valence-corrected chi connectivity index (χ4v) is 2.22. The number of nitrogens with zero attached hydrogens (tertiary/aromatic N) is 1. The van der Waals surface area contributed by atoms with Gasteiger partial charge in [-0.1, -0.05) is 6.92 Å². The summed E-state index contributed by atoms with van der Waals surface area (Å²) in [6, 6.07) is 2.45. The van der Waals surface area contributed by atoms with Gasteiger partial charge in [0.25, 0.3) is 5.56 Å². The highest BCUT2D eigenvalue weighted by Gasteiger charge is 2.29. The standard InChI is InChI=1S/C13H18N4O3/c1-2-6-17-8-9(7-11(17)18)15-13(20)16-10-4-3-5-14-12(10)19/h3-5,9H,2,6-8H2,1H3,(H,14,19)(H2,15,16,20)/t9-/m1/s1. The van der Waals surface area contributed by atoms with Crippen molar-refractivity contribution in [3.63, 3.8) is 0 Å². The van der Waals surface area contributed by atoms with Crippen molar-refractivity contribution in [3.05, 3.63) is 28.7 Å². The van der Waals surface area contributed by atoms with Gasteiger partial charge < -0.3 is 20.5 Å². The van der Waals surface area contributed by atoms with E-state index in [9.17, 15) is 14.4 Å². The van der Waals surface area contributed by atoms with Gasteiger partial charge in [0.05, 0.1) is 6.04 Å². The molecule has 20 heavy (non-hydrogen) atoms. The van der Waals surface area contributed by atoms with E-state index in [4.69, 9.17) is 0 Å². The van der Waals surface area contributed by atoms with Crippen LogP contribution in [0.2, 0.25) is 0 Å². The van der Waals surface area contributed by atoms with Crippen LogP contribution in [-0.2, 0) is 4.79 Å². The van der Waals surface area contributed by atoms with Crippen LogP contribution in [0, 0.1) is 0 Å². The Labute approximate surface area is 116 Å². The molecule has 2 rings (SSSR count). The molecule has 1 aromatic heterocycles. The lowest BCUT2D eigenvalue weighted by Crippen LogP contribution is -2.40. The van der Waals surface area contributed by atoms with E-state index in [-0.39, 0.29) is 23.2 Å². The van der Waals surface area contributed by atoms with Gasteiger partial charge in [-0.15, -0.1) is 0 Å². The lowest BCUT2D eigenvalue weighted by molar-refractivity contribution is -0.127. The summed E-state index contributed by atoms with van der Waals surface area (Å²) in [5.74, 6) is 0.0507. The smallest absolute Gasteiger partial charge is 0.319 e. The number of carbonyl (C=O) groups is 2. The van der Waals surface area contributed by atoms with Crippen LogP contribution in [-0.4, -0.2) is 41.0 Å². The molecule has 0 aromatic carbocycles. The van der Waals surface area contributed by atoms with E-state index in [1.54, 1.807) is 11.0 Å². The Morgan fingerprint density at radius 1 is 1.50 bits per heavy atom. The van der Waals surface area contributed by atoms with Crippen LogP contribution in [0.15, 0.2) is 23.1 Å². The summed E-state index contributed by atoms with van der Waals surface area (Å²) >= 11 is 0. The third kappa shape index (κ3) is 3.37. The number of rotatable bonds is 4. The highest BCUT2D eigenvalue weighted by atomic mass is 16.2. The van der Waals surface area contributed by atoms with Crippen LogP contribution in [0.3, 0.4) is 0 Å². The molecule has 7 nitrogen and oxygen atoms in total. The molecule has 0 radical (unpaired) electrons. The zero-order valence-corrected chi connectivity index (χ0v) is 11.3. The highest BCUT2D eigenvalue weighted by molar-refractivity contribution is 5.90. The molecule has 3 amide bonds. The zero-order valence-electron chi connectivity index (χ0n) is 11.3. The number of likely N-dealkylation sites (tertiary alicyclic amines) is 1. The molecule has 0 spiro atoms. The van der Waals surface area contributed by atoms with Gasteiger partial charge in [-0.25, -0.2) is 4.79 Å². The summed E-state index contributed by atoms with van der Waals surface area (Å²) in [7, 11) is 0. The molecule has 1 aromatic rings. The van der Waals surface area contributed by atoms with Gasteiger partial charge >= 0.3 is 6.03 Å². The number of pyridine rings is 1. The number of aromatic amines is 1. The first-order valence-electron chi connectivity index (χ1n) is 6.63. The van der Waals surface area contributed by atoms with Crippen LogP contribution in [0.25, 0.3) is 0 Å². The number of urea groups is 1. The number of anilines is 1. The molecule has 1 atom stereocenters. The molecule has 0 unspecified atom stereocenters. The van der Waals surface area contributed by atoms with Crippen molar-refractivity contribution in [2.24, 2.45) is 0 Å². The molecule has 7 heteroatoms. The average Bonchev–Trinajstić information content (AvgIpc) is 2.73. The van der Waals surface area contributed by atoms with Crippen LogP contribution in [0.1, 0.15) is 19.8 Å². The number of amides is 3. The van der Waals surface area contributed by atoms with Crippen molar-refractivity contribution in [3.8, 4) is 0 Å². The third-order valence-electron chi connectivity index (χ3n) is 3.11. The molecule has 0 aliphatic carbocycles. The predicted molar refractivity (Wildman–Crippen MR) is 74.5 cm³/mol. The largest absolute Gasteiger partial charge is 0.341 e.